The van der Waals surface area contributed by atoms with Crippen molar-refractivity contribution in [2.45, 2.75) is 65.2 Å². The van der Waals surface area contributed by atoms with Crippen molar-refractivity contribution < 1.29 is 25.6 Å². The van der Waals surface area contributed by atoms with Crippen LogP contribution >= 0.6 is 8.03 Å². The summed E-state index contributed by atoms with van der Waals surface area (Å²) in [6, 6.07) is 0. The Bertz CT molecular complexity index is 154. The molecule has 4 heteroatoms. The van der Waals surface area contributed by atoms with Gasteiger partial charge in [-0.1, -0.05) is 46.0 Å². The van der Waals surface area contributed by atoms with E-state index < -0.39 is 8.03 Å². The van der Waals surface area contributed by atoms with E-state index in [0.717, 1.165) is 19.0 Å². The van der Waals surface area contributed by atoms with Gasteiger partial charge in [0.05, 0.1) is 0 Å². The van der Waals surface area contributed by atoms with E-state index in [0.29, 0.717) is 6.61 Å². The van der Waals surface area contributed by atoms with Gasteiger partial charge >= 0.3 is 8.03 Å². The number of hydrogen-bond acceptors (Lipinski definition) is 2. The van der Waals surface area contributed by atoms with Crippen molar-refractivity contribution in [3.63, 3.8) is 0 Å². The second kappa shape index (κ2) is 15.6. The van der Waals surface area contributed by atoms with Gasteiger partial charge in [0, 0.05) is 16.5 Å². The van der Waals surface area contributed by atoms with Gasteiger partial charge in [-0.2, -0.15) is 0 Å². The Morgan fingerprint density at radius 3 is 2.00 bits per heavy atom. The third kappa shape index (κ3) is 14.6. The smallest absolute Gasteiger partial charge is 0.146 e. The van der Waals surface area contributed by atoms with Crippen molar-refractivity contribution >= 4 is 8.03 Å². The third-order valence-electron chi connectivity index (χ3n) is 2.43. The molecule has 0 spiro atoms. The molecule has 0 aliphatic heterocycles. The van der Waals surface area contributed by atoms with Gasteiger partial charge in [0.15, 0.2) is 6.16 Å². The van der Waals surface area contributed by atoms with Crippen LogP contribution in [-0.4, -0.2) is 12.8 Å². The maximum Gasteiger partial charge on any atom is 0.508 e. The Morgan fingerprint density at radius 1 is 0.875 bits per heavy atom. The van der Waals surface area contributed by atoms with Crippen LogP contribution in [0.5, 0.6) is 0 Å². The molecular formula is C12H26NiO2P+. The maximum absolute atomic E-state index is 11.4. The van der Waals surface area contributed by atoms with Gasteiger partial charge in [-0.3, -0.25) is 0 Å². The SMILES string of the molecule is CCCCCCO[P+](=O)CCCCCC.[Ni]. The topological polar surface area (TPSA) is 26.3 Å². The van der Waals surface area contributed by atoms with Crippen LogP contribution in [0.4, 0.5) is 0 Å². The van der Waals surface area contributed by atoms with Gasteiger partial charge in [-0.25, -0.2) is 0 Å². The second-order valence-electron chi connectivity index (χ2n) is 4.01. The first-order valence-electron chi connectivity index (χ1n) is 6.38. The van der Waals surface area contributed by atoms with Crippen LogP contribution in [0.15, 0.2) is 0 Å². The van der Waals surface area contributed by atoms with E-state index in [1.807, 2.05) is 0 Å². The van der Waals surface area contributed by atoms with Crippen molar-refractivity contribution in [2.24, 2.45) is 0 Å². The monoisotopic (exact) mass is 291 g/mol. The summed E-state index contributed by atoms with van der Waals surface area (Å²) >= 11 is 0. The van der Waals surface area contributed by atoms with Crippen LogP contribution in [0.1, 0.15) is 65.2 Å². The minimum absolute atomic E-state index is 0. The molecule has 0 aromatic rings. The van der Waals surface area contributed by atoms with Gasteiger partial charge in [-0.15, -0.1) is 4.52 Å². The Morgan fingerprint density at radius 2 is 1.44 bits per heavy atom. The quantitative estimate of drug-likeness (QED) is 0.307. The minimum atomic E-state index is -1.37. The third-order valence-corrected chi connectivity index (χ3v) is 3.58. The van der Waals surface area contributed by atoms with Gasteiger partial charge in [0.2, 0.25) is 0 Å². The predicted molar refractivity (Wildman–Crippen MR) is 66.7 cm³/mol. The molecule has 0 aliphatic carbocycles. The zero-order valence-electron chi connectivity index (χ0n) is 10.7. The number of hydrogen-bond donors (Lipinski definition) is 0. The molecule has 1 unspecified atom stereocenters. The molecular weight excluding hydrogens is 266 g/mol. The first-order chi connectivity index (χ1) is 7.31. The fourth-order valence-corrected chi connectivity index (χ4v) is 2.37. The molecule has 0 N–H and O–H groups in total. The summed E-state index contributed by atoms with van der Waals surface area (Å²) in [5.41, 5.74) is 0. The summed E-state index contributed by atoms with van der Waals surface area (Å²) < 4.78 is 16.6. The number of rotatable bonds is 11. The molecule has 0 aromatic heterocycles. The first-order valence-corrected chi connectivity index (χ1v) is 7.75. The molecule has 0 bridgehead atoms. The van der Waals surface area contributed by atoms with Gasteiger partial charge in [0.25, 0.3) is 0 Å². The standard InChI is InChI=1S/C12H26O2P.Ni/c1-3-5-7-9-11-14-15(13)12-10-8-6-4-2;/h3-12H2,1-2H3;/q+1;. The average Bonchev–Trinajstić information content (AvgIpc) is 2.24. The van der Waals surface area contributed by atoms with E-state index in [4.69, 9.17) is 4.52 Å². The maximum atomic E-state index is 11.4. The zero-order chi connectivity index (χ0) is 11.4. The fourth-order valence-electron chi connectivity index (χ4n) is 1.43. The molecule has 0 radical (unpaired) electrons. The second-order valence-corrected chi connectivity index (χ2v) is 5.38. The Balaban J connectivity index is 0. The van der Waals surface area contributed by atoms with Gasteiger partial charge in [0.1, 0.15) is 6.61 Å². The molecule has 2 nitrogen and oxygen atoms in total. The van der Waals surface area contributed by atoms with Crippen LogP contribution in [0.2, 0.25) is 0 Å². The summed E-state index contributed by atoms with van der Waals surface area (Å²) in [4.78, 5) is 0. The summed E-state index contributed by atoms with van der Waals surface area (Å²) in [6.07, 6.45) is 10.2. The van der Waals surface area contributed by atoms with E-state index in [2.05, 4.69) is 13.8 Å². The molecule has 0 saturated carbocycles. The van der Waals surface area contributed by atoms with Crippen molar-refractivity contribution in [2.75, 3.05) is 12.8 Å². The van der Waals surface area contributed by atoms with E-state index in [-0.39, 0.29) is 16.5 Å². The Labute approximate surface area is 112 Å². The van der Waals surface area contributed by atoms with Crippen LogP contribution in [-0.2, 0) is 25.6 Å². The Hall–Kier alpha value is 0.554. The zero-order valence-corrected chi connectivity index (χ0v) is 12.5. The number of unbranched alkanes of at least 4 members (excludes halogenated alkanes) is 6. The van der Waals surface area contributed by atoms with Gasteiger partial charge < -0.3 is 0 Å². The molecule has 16 heavy (non-hydrogen) atoms. The van der Waals surface area contributed by atoms with E-state index >= 15 is 0 Å². The minimum Gasteiger partial charge on any atom is -0.146 e. The molecule has 0 heterocycles. The molecule has 0 amide bonds. The molecule has 0 saturated heterocycles. The molecule has 0 fully saturated rings. The van der Waals surface area contributed by atoms with Crippen molar-refractivity contribution in [1.29, 1.82) is 0 Å². The van der Waals surface area contributed by atoms with Crippen LogP contribution in [0, 0.1) is 0 Å². The van der Waals surface area contributed by atoms with Crippen molar-refractivity contribution in [3.8, 4) is 0 Å². The largest absolute Gasteiger partial charge is 0.508 e. The fraction of sp³-hybridized carbons (Fsp3) is 1.00. The first kappa shape index (κ1) is 18.9. The molecule has 0 rings (SSSR count). The molecule has 0 aromatic carbocycles. The van der Waals surface area contributed by atoms with Crippen molar-refractivity contribution in [1.82, 2.24) is 0 Å². The van der Waals surface area contributed by atoms with Crippen LogP contribution in [0.25, 0.3) is 0 Å². The predicted octanol–water partition coefficient (Wildman–Crippen LogP) is 4.90. The average molecular weight is 292 g/mol. The van der Waals surface area contributed by atoms with Gasteiger partial charge in [-0.05, 0) is 23.8 Å². The molecule has 1 atom stereocenters. The van der Waals surface area contributed by atoms with E-state index in [1.165, 1.54) is 38.5 Å². The summed E-state index contributed by atoms with van der Waals surface area (Å²) in [7, 11) is -1.37. The van der Waals surface area contributed by atoms with Crippen LogP contribution < -0.4 is 0 Å². The van der Waals surface area contributed by atoms with Crippen LogP contribution in [0.3, 0.4) is 0 Å². The normalized spacial score (nSPS) is 11.0. The Kier molecular flexibility index (Phi) is 18.4. The van der Waals surface area contributed by atoms with Crippen molar-refractivity contribution in [3.05, 3.63) is 0 Å². The molecule has 100 valence electrons. The summed E-state index contributed by atoms with van der Waals surface area (Å²) in [5, 5.41) is 0. The summed E-state index contributed by atoms with van der Waals surface area (Å²) in [6.45, 7) is 5.06. The molecule has 0 aliphatic rings. The summed E-state index contributed by atoms with van der Waals surface area (Å²) in [5.74, 6) is 0. The van der Waals surface area contributed by atoms with E-state index in [9.17, 15) is 4.57 Å². The van der Waals surface area contributed by atoms with E-state index in [1.54, 1.807) is 0 Å².